The van der Waals surface area contributed by atoms with Crippen LogP contribution in [0.2, 0.25) is 0 Å². The van der Waals surface area contributed by atoms with Gasteiger partial charge in [0.25, 0.3) is 5.69 Å². The summed E-state index contributed by atoms with van der Waals surface area (Å²) < 4.78 is 43.0. The maximum Gasteiger partial charge on any atom is 0.407 e. The van der Waals surface area contributed by atoms with Crippen LogP contribution in [0, 0.1) is 10.1 Å². The molecule has 0 bridgehead atoms. The second kappa shape index (κ2) is 10.3. The lowest BCUT2D eigenvalue weighted by atomic mass is 10.2. The van der Waals surface area contributed by atoms with E-state index < -0.39 is 44.0 Å². The number of nitrogens with one attached hydrogen (secondary N) is 2. The second-order valence-corrected chi connectivity index (χ2v) is 8.31. The lowest BCUT2D eigenvalue weighted by Crippen LogP contribution is -2.49. The average molecular weight is 451 g/mol. The standard InChI is InChI=1S/C19H21N3O8S/c23-19(30-11-14-6-2-1-3-7-14)21-15-12-28-18(29-13-15)10-20-31(26,27)17-9-5-4-8-16(17)22(24)25/h1-9,15,18,20H,10-13H2,(H,21,23). The minimum absolute atomic E-state index is 0.0817. The van der Waals surface area contributed by atoms with Crippen LogP contribution < -0.4 is 10.0 Å². The number of para-hydroxylation sites is 1. The van der Waals surface area contributed by atoms with Gasteiger partial charge in [-0.3, -0.25) is 10.1 Å². The Labute approximate surface area is 178 Å². The van der Waals surface area contributed by atoms with Crippen LogP contribution in [-0.2, 0) is 30.8 Å². The fourth-order valence-electron chi connectivity index (χ4n) is 2.77. The summed E-state index contributed by atoms with van der Waals surface area (Å²) in [7, 11) is -4.14. The molecule has 0 saturated carbocycles. The van der Waals surface area contributed by atoms with Crippen LogP contribution in [0.1, 0.15) is 5.56 Å². The highest BCUT2D eigenvalue weighted by atomic mass is 32.2. The van der Waals surface area contributed by atoms with Crippen LogP contribution in [0.25, 0.3) is 0 Å². The average Bonchev–Trinajstić information content (AvgIpc) is 2.78. The van der Waals surface area contributed by atoms with E-state index in [1.165, 1.54) is 12.1 Å². The van der Waals surface area contributed by atoms with Gasteiger partial charge in [-0.25, -0.2) is 17.9 Å². The predicted molar refractivity (Wildman–Crippen MR) is 108 cm³/mol. The molecule has 2 aromatic carbocycles. The predicted octanol–water partition coefficient (Wildman–Crippen LogP) is 1.54. The maximum atomic E-state index is 12.4. The van der Waals surface area contributed by atoms with Crippen molar-refractivity contribution in [1.82, 2.24) is 10.0 Å². The lowest BCUT2D eigenvalue weighted by molar-refractivity contribution is -0.387. The molecule has 1 heterocycles. The zero-order chi connectivity index (χ0) is 22.3. The molecule has 2 N–H and O–H groups in total. The Morgan fingerprint density at radius 1 is 1.10 bits per heavy atom. The van der Waals surface area contributed by atoms with Gasteiger partial charge in [0.1, 0.15) is 6.61 Å². The fourth-order valence-corrected chi connectivity index (χ4v) is 3.95. The topological polar surface area (TPSA) is 146 Å². The zero-order valence-electron chi connectivity index (χ0n) is 16.3. The van der Waals surface area contributed by atoms with E-state index in [1.54, 1.807) is 0 Å². The molecule has 0 aliphatic carbocycles. The number of ether oxygens (including phenoxy) is 3. The molecule has 3 rings (SSSR count). The molecule has 166 valence electrons. The van der Waals surface area contributed by atoms with Crippen LogP contribution in [0.5, 0.6) is 0 Å². The fraction of sp³-hybridized carbons (Fsp3) is 0.316. The molecule has 1 saturated heterocycles. The largest absolute Gasteiger partial charge is 0.445 e. The van der Waals surface area contributed by atoms with Crippen molar-refractivity contribution in [3.63, 3.8) is 0 Å². The van der Waals surface area contributed by atoms with E-state index in [2.05, 4.69) is 10.0 Å². The van der Waals surface area contributed by atoms with Gasteiger partial charge < -0.3 is 19.5 Å². The minimum Gasteiger partial charge on any atom is -0.445 e. The van der Waals surface area contributed by atoms with Gasteiger partial charge in [-0.05, 0) is 11.6 Å². The molecule has 0 unspecified atom stereocenters. The number of sulfonamides is 1. The van der Waals surface area contributed by atoms with Crippen molar-refractivity contribution in [1.29, 1.82) is 0 Å². The summed E-state index contributed by atoms with van der Waals surface area (Å²) in [6.07, 6.45) is -1.53. The van der Waals surface area contributed by atoms with E-state index in [-0.39, 0.29) is 26.4 Å². The Morgan fingerprint density at radius 3 is 2.42 bits per heavy atom. The van der Waals surface area contributed by atoms with E-state index >= 15 is 0 Å². The third-order valence-electron chi connectivity index (χ3n) is 4.29. The summed E-state index contributed by atoms with van der Waals surface area (Å²) >= 11 is 0. The van der Waals surface area contributed by atoms with Crippen molar-refractivity contribution in [2.24, 2.45) is 0 Å². The Hall–Kier alpha value is -3.06. The van der Waals surface area contributed by atoms with Crippen LogP contribution in [0.4, 0.5) is 10.5 Å². The molecular formula is C19H21N3O8S. The van der Waals surface area contributed by atoms with E-state index in [4.69, 9.17) is 14.2 Å². The zero-order valence-corrected chi connectivity index (χ0v) is 17.1. The van der Waals surface area contributed by atoms with E-state index in [1.807, 2.05) is 30.3 Å². The van der Waals surface area contributed by atoms with Gasteiger partial charge in [-0.2, -0.15) is 0 Å². The van der Waals surface area contributed by atoms with Crippen molar-refractivity contribution in [3.8, 4) is 0 Å². The summed E-state index contributed by atoms with van der Waals surface area (Å²) in [5, 5.41) is 13.6. The van der Waals surface area contributed by atoms with Crippen molar-refractivity contribution < 1.29 is 32.3 Å². The number of nitrogens with zero attached hydrogens (tertiary/aromatic N) is 1. The molecule has 0 aromatic heterocycles. The summed E-state index contributed by atoms with van der Waals surface area (Å²) in [6.45, 7) is 0.0350. The van der Waals surface area contributed by atoms with Crippen LogP contribution in [0.15, 0.2) is 59.5 Å². The number of nitro benzene ring substituents is 1. The number of hydrogen-bond acceptors (Lipinski definition) is 8. The van der Waals surface area contributed by atoms with Crippen LogP contribution in [-0.4, -0.2) is 51.5 Å². The quantitative estimate of drug-likeness (QED) is 0.454. The first-order valence-corrected chi connectivity index (χ1v) is 10.8. The van der Waals surface area contributed by atoms with Crippen LogP contribution in [0.3, 0.4) is 0 Å². The SMILES string of the molecule is O=C(NC1COC(CNS(=O)(=O)c2ccccc2[N+](=O)[O-])OC1)OCc1ccccc1. The van der Waals surface area contributed by atoms with Crippen molar-refractivity contribution >= 4 is 21.8 Å². The monoisotopic (exact) mass is 451 g/mol. The normalized spacial score (nSPS) is 18.8. The number of alkyl carbamates (subject to hydrolysis) is 1. The first kappa shape index (κ1) is 22.6. The van der Waals surface area contributed by atoms with Gasteiger partial charge in [-0.15, -0.1) is 0 Å². The molecule has 1 aliphatic rings. The molecule has 31 heavy (non-hydrogen) atoms. The summed E-state index contributed by atoms with van der Waals surface area (Å²) in [6, 6.07) is 13.7. The molecule has 0 atom stereocenters. The summed E-state index contributed by atoms with van der Waals surface area (Å²) in [5.41, 5.74) is 0.318. The highest BCUT2D eigenvalue weighted by Crippen LogP contribution is 2.22. The molecular weight excluding hydrogens is 430 g/mol. The number of carbonyl (C=O) groups excluding carboxylic acids is 1. The smallest absolute Gasteiger partial charge is 0.407 e. The van der Waals surface area contributed by atoms with Crippen molar-refractivity contribution in [2.45, 2.75) is 23.8 Å². The Bertz CT molecular complexity index is 1010. The molecule has 1 fully saturated rings. The van der Waals surface area contributed by atoms with Crippen LogP contribution >= 0.6 is 0 Å². The maximum absolute atomic E-state index is 12.4. The summed E-state index contributed by atoms with van der Waals surface area (Å²) in [5.74, 6) is 0. The van der Waals surface area contributed by atoms with Gasteiger partial charge in [0.05, 0.1) is 30.7 Å². The van der Waals surface area contributed by atoms with Gasteiger partial charge in [0.2, 0.25) is 10.0 Å². The van der Waals surface area contributed by atoms with Gasteiger partial charge in [-0.1, -0.05) is 42.5 Å². The van der Waals surface area contributed by atoms with Gasteiger partial charge in [0.15, 0.2) is 11.2 Å². The Balaban J connectivity index is 1.43. The molecule has 12 heteroatoms. The number of carbonyl (C=O) groups is 1. The third-order valence-corrected chi connectivity index (χ3v) is 5.76. The van der Waals surface area contributed by atoms with Gasteiger partial charge in [0, 0.05) is 6.07 Å². The van der Waals surface area contributed by atoms with Crippen molar-refractivity contribution in [3.05, 3.63) is 70.3 Å². The number of hydrogen-bond donors (Lipinski definition) is 2. The van der Waals surface area contributed by atoms with Crippen molar-refractivity contribution in [2.75, 3.05) is 19.8 Å². The molecule has 0 radical (unpaired) electrons. The Morgan fingerprint density at radius 2 is 1.74 bits per heavy atom. The first-order chi connectivity index (χ1) is 14.8. The summed E-state index contributed by atoms with van der Waals surface area (Å²) in [4.78, 5) is 21.7. The molecule has 0 spiro atoms. The van der Waals surface area contributed by atoms with E-state index in [0.717, 1.165) is 17.7 Å². The molecule has 1 aliphatic heterocycles. The molecule has 2 aromatic rings. The molecule has 11 nitrogen and oxygen atoms in total. The third kappa shape index (κ3) is 6.46. The minimum atomic E-state index is -4.14. The number of benzene rings is 2. The second-order valence-electron chi connectivity index (χ2n) is 6.58. The first-order valence-electron chi connectivity index (χ1n) is 9.28. The van der Waals surface area contributed by atoms with E-state index in [9.17, 15) is 23.3 Å². The highest BCUT2D eigenvalue weighted by molar-refractivity contribution is 7.89. The van der Waals surface area contributed by atoms with E-state index in [0.29, 0.717) is 0 Å². The highest BCUT2D eigenvalue weighted by Gasteiger charge is 2.28. The van der Waals surface area contributed by atoms with Gasteiger partial charge >= 0.3 is 6.09 Å². The Kier molecular flexibility index (Phi) is 7.52. The lowest BCUT2D eigenvalue weighted by Gasteiger charge is -2.29. The number of nitro groups is 1. The number of amides is 1. The molecule has 1 amide bonds. The number of rotatable bonds is 8.